The summed E-state index contributed by atoms with van der Waals surface area (Å²) in [7, 11) is 0. The highest BCUT2D eigenvalue weighted by Crippen LogP contribution is 2.44. The van der Waals surface area contributed by atoms with Gasteiger partial charge in [-0.25, -0.2) is 9.59 Å². The largest absolute Gasteiger partial charge is 0.480 e. The molecular weight excluding hydrogens is 432 g/mol. The lowest BCUT2D eigenvalue weighted by molar-refractivity contribution is -0.142. The molecule has 1 aliphatic carbocycles. The Bertz CT molecular complexity index is 1060. The predicted molar refractivity (Wildman–Crippen MR) is 131 cm³/mol. The molecule has 2 aromatic carbocycles. The SMILES string of the molecule is CCC(C)(NC(=O)OCC1c2ccccc2-c2ccccc21)C(=O)NC(CC=C(C)C)C(=O)O. The summed E-state index contributed by atoms with van der Waals surface area (Å²) in [5.41, 5.74) is 4.07. The first-order valence-corrected chi connectivity index (χ1v) is 11.5. The number of amides is 2. The Labute approximate surface area is 200 Å². The Balaban J connectivity index is 1.66. The van der Waals surface area contributed by atoms with E-state index < -0.39 is 29.6 Å². The Kier molecular flexibility index (Phi) is 7.76. The number of allylic oxidation sites excluding steroid dienone is 1. The summed E-state index contributed by atoms with van der Waals surface area (Å²) in [5.74, 6) is -1.80. The number of ether oxygens (including phenoxy) is 1. The van der Waals surface area contributed by atoms with E-state index in [0.29, 0.717) is 0 Å². The fraction of sp³-hybridized carbons (Fsp3) is 0.370. The molecule has 1 aliphatic rings. The van der Waals surface area contributed by atoms with Crippen molar-refractivity contribution in [2.75, 3.05) is 6.61 Å². The van der Waals surface area contributed by atoms with Crippen LogP contribution in [0.2, 0.25) is 0 Å². The molecule has 2 amide bonds. The van der Waals surface area contributed by atoms with E-state index in [1.54, 1.807) is 19.9 Å². The van der Waals surface area contributed by atoms with Crippen molar-refractivity contribution in [2.24, 2.45) is 0 Å². The van der Waals surface area contributed by atoms with Crippen LogP contribution in [-0.4, -0.2) is 41.3 Å². The summed E-state index contributed by atoms with van der Waals surface area (Å²) in [6.45, 7) is 7.14. The molecule has 7 heteroatoms. The van der Waals surface area contributed by atoms with Gasteiger partial charge in [-0.2, -0.15) is 0 Å². The van der Waals surface area contributed by atoms with Gasteiger partial charge in [0.25, 0.3) is 0 Å². The van der Waals surface area contributed by atoms with Crippen LogP contribution in [0.25, 0.3) is 11.1 Å². The Morgan fingerprint density at radius 3 is 2.12 bits per heavy atom. The number of aliphatic carboxylic acids is 1. The summed E-state index contributed by atoms with van der Waals surface area (Å²) in [6.07, 6.45) is 1.45. The van der Waals surface area contributed by atoms with E-state index in [0.717, 1.165) is 27.8 Å². The maximum Gasteiger partial charge on any atom is 0.408 e. The van der Waals surface area contributed by atoms with Gasteiger partial charge >= 0.3 is 12.1 Å². The molecule has 7 nitrogen and oxygen atoms in total. The fourth-order valence-corrected chi connectivity index (χ4v) is 4.06. The first-order valence-electron chi connectivity index (χ1n) is 11.5. The topological polar surface area (TPSA) is 105 Å². The number of benzene rings is 2. The van der Waals surface area contributed by atoms with Gasteiger partial charge in [0.05, 0.1) is 0 Å². The molecule has 0 aromatic heterocycles. The second kappa shape index (κ2) is 10.5. The molecular formula is C27H32N2O5. The third-order valence-electron chi connectivity index (χ3n) is 6.30. The van der Waals surface area contributed by atoms with E-state index in [1.807, 2.05) is 50.2 Å². The lowest BCUT2D eigenvalue weighted by Crippen LogP contribution is -2.59. The summed E-state index contributed by atoms with van der Waals surface area (Å²) in [6, 6.07) is 15.0. The van der Waals surface area contributed by atoms with E-state index in [2.05, 4.69) is 22.8 Å². The van der Waals surface area contributed by atoms with Crippen molar-refractivity contribution in [2.45, 2.75) is 58.0 Å². The number of carbonyl (C=O) groups is 3. The molecule has 34 heavy (non-hydrogen) atoms. The lowest BCUT2D eigenvalue weighted by atomic mass is 9.97. The molecule has 0 saturated carbocycles. The monoisotopic (exact) mass is 464 g/mol. The number of fused-ring (bicyclic) bond motifs is 3. The van der Waals surface area contributed by atoms with Crippen LogP contribution in [0.1, 0.15) is 57.6 Å². The van der Waals surface area contributed by atoms with Gasteiger partial charge in [-0.3, -0.25) is 4.79 Å². The zero-order valence-corrected chi connectivity index (χ0v) is 20.1. The van der Waals surface area contributed by atoms with Crippen LogP contribution >= 0.6 is 0 Å². The standard InChI is InChI=1S/C27H32N2O5/c1-5-27(4,25(32)28-23(24(30)31)15-14-17(2)3)29-26(33)34-16-22-20-12-8-6-10-18(20)19-11-7-9-13-21(19)22/h6-14,22-23H,5,15-16H2,1-4H3,(H,28,32)(H,29,33)(H,30,31). The molecule has 3 rings (SSSR count). The van der Waals surface area contributed by atoms with Crippen molar-refractivity contribution in [3.63, 3.8) is 0 Å². The van der Waals surface area contributed by atoms with Crippen LogP contribution in [0, 0.1) is 0 Å². The molecule has 2 unspecified atom stereocenters. The van der Waals surface area contributed by atoms with Crippen LogP contribution in [0.15, 0.2) is 60.2 Å². The van der Waals surface area contributed by atoms with Crippen LogP contribution < -0.4 is 10.6 Å². The van der Waals surface area contributed by atoms with Crippen molar-refractivity contribution >= 4 is 18.0 Å². The lowest BCUT2D eigenvalue weighted by Gasteiger charge is -2.29. The highest BCUT2D eigenvalue weighted by atomic mass is 16.5. The quantitative estimate of drug-likeness (QED) is 0.470. The zero-order chi connectivity index (χ0) is 24.9. The molecule has 0 bridgehead atoms. The number of carboxylic acids is 1. The minimum atomic E-state index is -1.32. The highest BCUT2D eigenvalue weighted by Gasteiger charge is 2.36. The maximum absolute atomic E-state index is 12.9. The van der Waals surface area contributed by atoms with Crippen molar-refractivity contribution in [3.8, 4) is 11.1 Å². The Morgan fingerprint density at radius 1 is 1.06 bits per heavy atom. The average Bonchev–Trinajstić information content (AvgIpc) is 3.13. The van der Waals surface area contributed by atoms with E-state index in [1.165, 1.54) is 0 Å². The van der Waals surface area contributed by atoms with Crippen LogP contribution in [0.3, 0.4) is 0 Å². The van der Waals surface area contributed by atoms with Gasteiger partial charge in [-0.05, 0) is 55.9 Å². The van der Waals surface area contributed by atoms with E-state index in [9.17, 15) is 19.5 Å². The molecule has 0 fully saturated rings. The summed E-state index contributed by atoms with van der Waals surface area (Å²) >= 11 is 0. The van der Waals surface area contributed by atoms with E-state index in [-0.39, 0.29) is 25.4 Å². The number of alkyl carbamates (subject to hydrolysis) is 1. The van der Waals surface area contributed by atoms with Gasteiger partial charge in [-0.1, -0.05) is 67.1 Å². The molecule has 0 heterocycles. The van der Waals surface area contributed by atoms with E-state index in [4.69, 9.17) is 4.74 Å². The maximum atomic E-state index is 12.9. The highest BCUT2D eigenvalue weighted by molar-refractivity contribution is 5.92. The third-order valence-corrected chi connectivity index (χ3v) is 6.30. The van der Waals surface area contributed by atoms with Gasteiger partial charge in [0.1, 0.15) is 18.2 Å². The predicted octanol–water partition coefficient (Wildman–Crippen LogP) is 4.62. The minimum absolute atomic E-state index is 0.0969. The average molecular weight is 465 g/mol. The third kappa shape index (κ3) is 5.47. The van der Waals surface area contributed by atoms with E-state index >= 15 is 0 Å². The summed E-state index contributed by atoms with van der Waals surface area (Å²) < 4.78 is 5.56. The number of nitrogens with one attached hydrogen (secondary N) is 2. The molecule has 0 radical (unpaired) electrons. The van der Waals surface area contributed by atoms with Gasteiger partial charge in [0.15, 0.2) is 0 Å². The molecule has 2 atom stereocenters. The summed E-state index contributed by atoms with van der Waals surface area (Å²) in [4.78, 5) is 37.2. The minimum Gasteiger partial charge on any atom is -0.480 e. The molecule has 0 saturated heterocycles. The molecule has 2 aromatic rings. The number of carbonyl (C=O) groups excluding carboxylic acids is 2. The first kappa shape index (κ1) is 25.0. The van der Waals surface area contributed by atoms with Crippen LogP contribution in [0.4, 0.5) is 4.79 Å². The van der Waals surface area contributed by atoms with Gasteiger partial charge in [0.2, 0.25) is 5.91 Å². The van der Waals surface area contributed by atoms with Crippen molar-refractivity contribution in [1.82, 2.24) is 10.6 Å². The van der Waals surface area contributed by atoms with Gasteiger partial charge < -0.3 is 20.5 Å². The van der Waals surface area contributed by atoms with Gasteiger partial charge in [0, 0.05) is 5.92 Å². The van der Waals surface area contributed by atoms with Crippen molar-refractivity contribution < 1.29 is 24.2 Å². The molecule has 180 valence electrons. The van der Waals surface area contributed by atoms with Crippen molar-refractivity contribution in [1.29, 1.82) is 0 Å². The second-order valence-corrected chi connectivity index (χ2v) is 9.02. The molecule has 0 spiro atoms. The zero-order valence-electron chi connectivity index (χ0n) is 20.1. The molecule has 0 aliphatic heterocycles. The number of hydrogen-bond acceptors (Lipinski definition) is 4. The fourth-order valence-electron chi connectivity index (χ4n) is 4.06. The number of hydrogen-bond donors (Lipinski definition) is 3. The van der Waals surface area contributed by atoms with Crippen molar-refractivity contribution in [3.05, 3.63) is 71.3 Å². The van der Waals surface area contributed by atoms with Gasteiger partial charge in [-0.15, -0.1) is 0 Å². The Morgan fingerprint density at radius 2 is 1.62 bits per heavy atom. The Hall–Kier alpha value is -3.61. The number of rotatable bonds is 9. The number of carboxylic acid groups (broad SMARTS) is 1. The smallest absolute Gasteiger partial charge is 0.408 e. The normalized spacial score (nSPS) is 14.7. The summed E-state index contributed by atoms with van der Waals surface area (Å²) in [5, 5.41) is 14.6. The second-order valence-electron chi connectivity index (χ2n) is 9.02. The van der Waals surface area contributed by atoms with Crippen LogP contribution in [0.5, 0.6) is 0 Å². The van der Waals surface area contributed by atoms with Crippen LogP contribution in [-0.2, 0) is 14.3 Å². The first-order chi connectivity index (χ1) is 16.2. The molecule has 3 N–H and O–H groups in total.